The standard InChI is InChI=1S/C27H34N2O3/c1-17-9-8-12-23(18(17)2)28-16-21-13-14-24(31-4)26-22(21)15-25(32-26)27(30)29-19(3)20-10-6-5-7-11-20/h5-7,10-11,13-15,17-19,23,28H,8-9,12,16H2,1-4H3,(H,29,30)/t17?,18?,19-,23?/m0/s1. The van der Waals surface area contributed by atoms with Gasteiger partial charge in [-0.05, 0) is 48.4 Å². The van der Waals surface area contributed by atoms with E-state index in [-0.39, 0.29) is 11.9 Å². The van der Waals surface area contributed by atoms with Crippen molar-refractivity contribution in [3.63, 3.8) is 0 Å². The molecule has 1 heterocycles. The molecule has 3 unspecified atom stereocenters. The molecule has 32 heavy (non-hydrogen) atoms. The Hall–Kier alpha value is -2.79. The van der Waals surface area contributed by atoms with Crippen LogP contribution in [-0.2, 0) is 6.54 Å². The van der Waals surface area contributed by atoms with Gasteiger partial charge in [-0.15, -0.1) is 0 Å². The monoisotopic (exact) mass is 434 g/mol. The summed E-state index contributed by atoms with van der Waals surface area (Å²) in [5, 5.41) is 7.71. The molecule has 1 aromatic heterocycles. The highest BCUT2D eigenvalue weighted by molar-refractivity contribution is 5.98. The first kappa shape index (κ1) is 22.4. The Morgan fingerprint density at radius 3 is 2.69 bits per heavy atom. The summed E-state index contributed by atoms with van der Waals surface area (Å²) in [4.78, 5) is 12.9. The van der Waals surface area contributed by atoms with E-state index in [0.717, 1.165) is 29.0 Å². The maximum atomic E-state index is 12.9. The molecule has 1 aliphatic rings. The van der Waals surface area contributed by atoms with Crippen molar-refractivity contribution in [1.82, 2.24) is 10.6 Å². The van der Waals surface area contributed by atoms with Crippen molar-refractivity contribution in [2.75, 3.05) is 7.11 Å². The van der Waals surface area contributed by atoms with Gasteiger partial charge < -0.3 is 19.8 Å². The summed E-state index contributed by atoms with van der Waals surface area (Å²) in [6.45, 7) is 7.40. The smallest absolute Gasteiger partial charge is 0.287 e. The van der Waals surface area contributed by atoms with Crippen molar-refractivity contribution >= 4 is 16.9 Å². The molecular weight excluding hydrogens is 400 g/mol. The molecule has 1 saturated carbocycles. The Labute approximate surface area is 190 Å². The third kappa shape index (κ3) is 4.68. The zero-order chi connectivity index (χ0) is 22.7. The third-order valence-electron chi connectivity index (χ3n) is 7.09. The topological polar surface area (TPSA) is 63.5 Å². The maximum Gasteiger partial charge on any atom is 0.287 e. The number of nitrogens with one attached hydrogen (secondary N) is 2. The van der Waals surface area contributed by atoms with Gasteiger partial charge in [0.2, 0.25) is 0 Å². The lowest BCUT2D eigenvalue weighted by atomic mass is 9.78. The van der Waals surface area contributed by atoms with Crippen LogP contribution in [0.15, 0.2) is 52.9 Å². The molecule has 170 valence electrons. The van der Waals surface area contributed by atoms with E-state index in [0.29, 0.717) is 29.1 Å². The van der Waals surface area contributed by atoms with Crippen molar-refractivity contribution in [2.24, 2.45) is 11.8 Å². The molecular formula is C27H34N2O3. The summed E-state index contributed by atoms with van der Waals surface area (Å²) in [5.74, 6) is 2.11. The van der Waals surface area contributed by atoms with Gasteiger partial charge in [0.15, 0.2) is 17.1 Å². The van der Waals surface area contributed by atoms with Gasteiger partial charge in [0.25, 0.3) is 5.91 Å². The van der Waals surface area contributed by atoms with Crippen LogP contribution >= 0.6 is 0 Å². The van der Waals surface area contributed by atoms with Crippen LogP contribution in [0, 0.1) is 11.8 Å². The highest BCUT2D eigenvalue weighted by atomic mass is 16.5. The molecule has 5 nitrogen and oxygen atoms in total. The van der Waals surface area contributed by atoms with Crippen LogP contribution in [0.25, 0.3) is 11.0 Å². The number of fused-ring (bicyclic) bond motifs is 1. The summed E-state index contributed by atoms with van der Waals surface area (Å²) < 4.78 is 11.5. The van der Waals surface area contributed by atoms with Crippen LogP contribution in [0.3, 0.4) is 0 Å². The molecule has 1 fully saturated rings. The van der Waals surface area contributed by atoms with Crippen molar-refractivity contribution in [3.8, 4) is 5.75 Å². The summed E-state index contributed by atoms with van der Waals surface area (Å²) in [5.41, 5.74) is 2.79. The lowest BCUT2D eigenvalue weighted by Gasteiger charge is -2.34. The molecule has 2 N–H and O–H groups in total. The van der Waals surface area contributed by atoms with Gasteiger partial charge in [-0.2, -0.15) is 0 Å². The molecule has 2 aromatic carbocycles. The molecule has 3 aromatic rings. The number of rotatable bonds is 7. The van der Waals surface area contributed by atoms with E-state index < -0.39 is 0 Å². The van der Waals surface area contributed by atoms with E-state index in [1.807, 2.05) is 49.4 Å². The summed E-state index contributed by atoms with van der Waals surface area (Å²) in [6.07, 6.45) is 3.80. The fourth-order valence-corrected chi connectivity index (χ4v) is 4.79. The molecule has 0 bridgehead atoms. The predicted octanol–water partition coefficient (Wildman–Crippen LogP) is 5.85. The number of furan rings is 1. The van der Waals surface area contributed by atoms with Gasteiger partial charge in [-0.1, -0.05) is 63.1 Å². The van der Waals surface area contributed by atoms with Gasteiger partial charge in [-0.3, -0.25) is 4.79 Å². The Balaban J connectivity index is 1.54. The average Bonchev–Trinajstić information content (AvgIpc) is 3.26. The van der Waals surface area contributed by atoms with E-state index in [2.05, 4.69) is 30.5 Å². The largest absolute Gasteiger partial charge is 0.493 e. The minimum absolute atomic E-state index is 0.116. The van der Waals surface area contributed by atoms with Gasteiger partial charge >= 0.3 is 0 Å². The summed E-state index contributed by atoms with van der Waals surface area (Å²) in [7, 11) is 1.62. The summed E-state index contributed by atoms with van der Waals surface area (Å²) in [6, 6.07) is 16.1. The minimum atomic E-state index is -0.228. The molecule has 1 amide bonds. The number of hydrogen-bond acceptors (Lipinski definition) is 4. The number of benzene rings is 2. The van der Waals surface area contributed by atoms with E-state index in [1.54, 1.807) is 7.11 Å². The second-order valence-corrected chi connectivity index (χ2v) is 9.14. The highest BCUT2D eigenvalue weighted by Crippen LogP contribution is 2.33. The number of ether oxygens (including phenoxy) is 1. The Bertz CT molecular complexity index is 1060. The first-order valence-electron chi connectivity index (χ1n) is 11.7. The van der Waals surface area contributed by atoms with Gasteiger partial charge in [0.05, 0.1) is 13.2 Å². The van der Waals surface area contributed by atoms with Crippen molar-refractivity contribution in [1.29, 1.82) is 0 Å². The van der Waals surface area contributed by atoms with Crippen LogP contribution in [0.5, 0.6) is 5.75 Å². The Morgan fingerprint density at radius 1 is 1.16 bits per heavy atom. The highest BCUT2D eigenvalue weighted by Gasteiger charge is 2.27. The SMILES string of the molecule is COc1ccc(CNC2CCCC(C)C2C)c2cc(C(=O)N[C@@H](C)c3ccccc3)oc12. The third-order valence-corrected chi connectivity index (χ3v) is 7.09. The Morgan fingerprint density at radius 2 is 1.94 bits per heavy atom. The lowest BCUT2D eigenvalue weighted by molar-refractivity contribution is 0.0914. The van der Waals surface area contributed by atoms with Crippen molar-refractivity contribution in [3.05, 3.63) is 65.4 Å². The number of carbonyl (C=O) groups is 1. The first-order chi connectivity index (χ1) is 15.5. The molecule has 1 aliphatic carbocycles. The van der Waals surface area contributed by atoms with E-state index in [9.17, 15) is 4.79 Å². The second-order valence-electron chi connectivity index (χ2n) is 9.14. The van der Waals surface area contributed by atoms with E-state index >= 15 is 0 Å². The molecule has 0 saturated heterocycles. The van der Waals surface area contributed by atoms with Gasteiger partial charge in [0, 0.05) is 18.0 Å². The molecule has 4 rings (SSSR count). The Kier molecular flexibility index (Phi) is 6.85. The van der Waals surface area contributed by atoms with Gasteiger partial charge in [0.1, 0.15) is 0 Å². The minimum Gasteiger partial charge on any atom is -0.493 e. The van der Waals surface area contributed by atoms with Crippen LogP contribution in [0.4, 0.5) is 0 Å². The molecule has 5 heteroatoms. The molecule has 0 radical (unpaired) electrons. The van der Waals surface area contributed by atoms with Crippen LogP contribution < -0.4 is 15.4 Å². The van der Waals surface area contributed by atoms with Crippen molar-refractivity contribution in [2.45, 2.75) is 58.7 Å². The quantitative estimate of drug-likeness (QED) is 0.490. The fraction of sp³-hybridized carbons (Fsp3) is 0.444. The van der Waals surface area contributed by atoms with Crippen LogP contribution in [0.1, 0.15) is 67.8 Å². The molecule has 0 spiro atoms. The zero-order valence-corrected chi connectivity index (χ0v) is 19.5. The second kappa shape index (κ2) is 9.78. The number of carbonyl (C=O) groups excluding carboxylic acids is 1. The van der Waals surface area contributed by atoms with Crippen molar-refractivity contribution < 1.29 is 13.9 Å². The average molecular weight is 435 g/mol. The van der Waals surface area contributed by atoms with Crippen LogP contribution in [-0.4, -0.2) is 19.1 Å². The number of hydrogen-bond donors (Lipinski definition) is 2. The summed E-state index contributed by atoms with van der Waals surface area (Å²) >= 11 is 0. The van der Waals surface area contributed by atoms with E-state index in [4.69, 9.17) is 9.15 Å². The zero-order valence-electron chi connectivity index (χ0n) is 19.5. The normalized spacial score (nSPS) is 21.9. The molecule has 0 aliphatic heterocycles. The fourth-order valence-electron chi connectivity index (χ4n) is 4.79. The van der Waals surface area contributed by atoms with E-state index in [1.165, 1.54) is 19.3 Å². The lowest BCUT2D eigenvalue weighted by Crippen LogP contribution is -2.40. The maximum absolute atomic E-state index is 12.9. The number of amides is 1. The predicted molar refractivity (Wildman–Crippen MR) is 128 cm³/mol. The van der Waals surface area contributed by atoms with Crippen LogP contribution in [0.2, 0.25) is 0 Å². The number of methoxy groups -OCH3 is 1. The molecule has 4 atom stereocenters. The first-order valence-corrected chi connectivity index (χ1v) is 11.7. The van der Waals surface area contributed by atoms with Gasteiger partial charge in [-0.25, -0.2) is 0 Å².